The maximum absolute atomic E-state index is 5.50. The van der Waals surface area contributed by atoms with Gasteiger partial charge in [-0.25, -0.2) is 0 Å². The van der Waals surface area contributed by atoms with Gasteiger partial charge in [-0.05, 0) is 31.9 Å². The second-order valence-electron chi connectivity index (χ2n) is 4.44. The van der Waals surface area contributed by atoms with Crippen LogP contribution in [0.2, 0.25) is 0 Å². The van der Waals surface area contributed by atoms with Crippen LogP contribution in [-0.4, -0.2) is 12.6 Å². The summed E-state index contributed by atoms with van der Waals surface area (Å²) in [6, 6.07) is 8.94. The minimum Gasteiger partial charge on any atom is -0.494 e. The van der Waals surface area contributed by atoms with Gasteiger partial charge >= 0.3 is 0 Å². The second kappa shape index (κ2) is 5.78. The molecule has 1 aliphatic carbocycles. The van der Waals surface area contributed by atoms with E-state index in [1.807, 2.05) is 13.0 Å². The van der Waals surface area contributed by atoms with Crippen LogP contribution in [0.4, 0.5) is 5.69 Å². The third-order valence-corrected chi connectivity index (χ3v) is 3.12. The molecule has 1 aromatic carbocycles. The average Bonchev–Trinajstić information content (AvgIpc) is 2.31. The molecule has 1 N–H and O–H groups in total. The Bertz CT molecular complexity index is 318. The molecule has 0 atom stereocenters. The highest BCUT2D eigenvalue weighted by Crippen LogP contribution is 2.23. The first-order valence-corrected chi connectivity index (χ1v) is 6.38. The Balaban J connectivity index is 1.94. The summed E-state index contributed by atoms with van der Waals surface area (Å²) in [5.41, 5.74) is 1.19. The molecule has 0 aromatic heterocycles. The van der Waals surface area contributed by atoms with Crippen molar-refractivity contribution >= 4 is 5.69 Å². The predicted molar refractivity (Wildman–Crippen MR) is 68.1 cm³/mol. The van der Waals surface area contributed by atoms with Gasteiger partial charge in [0.05, 0.1) is 6.61 Å². The van der Waals surface area contributed by atoms with Crippen LogP contribution in [0.15, 0.2) is 24.3 Å². The minimum atomic E-state index is 0.658. The van der Waals surface area contributed by atoms with Gasteiger partial charge in [-0.3, -0.25) is 0 Å². The summed E-state index contributed by atoms with van der Waals surface area (Å²) in [7, 11) is 0. The van der Waals surface area contributed by atoms with E-state index in [9.17, 15) is 0 Å². The van der Waals surface area contributed by atoms with Crippen LogP contribution in [0.3, 0.4) is 0 Å². The molecule has 0 amide bonds. The van der Waals surface area contributed by atoms with Gasteiger partial charge in [-0.1, -0.05) is 25.3 Å². The molecule has 1 saturated carbocycles. The van der Waals surface area contributed by atoms with Crippen molar-refractivity contribution in [2.45, 2.75) is 45.1 Å². The van der Waals surface area contributed by atoms with Crippen molar-refractivity contribution in [3.63, 3.8) is 0 Å². The smallest absolute Gasteiger partial charge is 0.121 e. The SMILES string of the molecule is CCOc1cccc(NC2CCCCC2)c1. The van der Waals surface area contributed by atoms with Crippen LogP contribution in [0.5, 0.6) is 5.75 Å². The highest BCUT2D eigenvalue weighted by Gasteiger charge is 2.12. The quantitative estimate of drug-likeness (QED) is 0.831. The Kier molecular flexibility index (Phi) is 4.09. The molecule has 0 spiro atoms. The fourth-order valence-electron chi connectivity index (χ4n) is 2.32. The van der Waals surface area contributed by atoms with Gasteiger partial charge in [0.15, 0.2) is 0 Å². The molecule has 88 valence electrons. The normalized spacial score (nSPS) is 17.1. The zero-order chi connectivity index (χ0) is 11.2. The summed E-state index contributed by atoms with van der Waals surface area (Å²) in [6.07, 6.45) is 6.74. The first-order valence-electron chi connectivity index (χ1n) is 6.38. The predicted octanol–water partition coefficient (Wildman–Crippen LogP) is 3.83. The van der Waals surface area contributed by atoms with Crippen molar-refractivity contribution in [1.29, 1.82) is 0 Å². The molecule has 16 heavy (non-hydrogen) atoms. The lowest BCUT2D eigenvalue weighted by molar-refractivity contribution is 0.340. The van der Waals surface area contributed by atoms with E-state index in [0.717, 1.165) is 12.4 Å². The van der Waals surface area contributed by atoms with Gasteiger partial charge < -0.3 is 10.1 Å². The Morgan fingerprint density at radius 2 is 2.06 bits per heavy atom. The Morgan fingerprint density at radius 3 is 2.81 bits per heavy atom. The highest BCUT2D eigenvalue weighted by molar-refractivity contribution is 5.48. The van der Waals surface area contributed by atoms with Crippen LogP contribution in [0.25, 0.3) is 0 Å². The van der Waals surface area contributed by atoms with Gasteiger partial charge in [0, 0.05) is 17.8 Å². The molecule has 0 bridgehead atoms. The molecule has 2 nitrogen and oxygen atoms in total. The van der Waals surface area contributed by atoms with Crippen LogP contribution in [0, 0.1) is 0 Å². The number of hydrogen-bond acceptors (Lipinski definition) is 2. The van der Waals surface area contributed by atoms with E-state index in [0.29, 0.717) is 6.04 Å². The van der Waals surface area contributed by atoms with E-state index >= 15 is 0 Å². The van der Waals surface area contributed by atoms with Gasteiger partial charge in [0.1, 0.15) is 5.75 Å². The number of benzene rings is 1. The summed E-state index contributed by atoms with van der Waals surface area (Å²) in [6.45, 7) is 2.74. The molecule has 0 unspecified atom stereocenters. The van der Waals surface area contributed by atoms with Crippen LogP contribution in [0.1, 0.15) is 39.0 Å². The van der Waals surface area contributed by atoms with Crippen molar-refractivity contribution in [3.05, 3.63) is 24.3 Å². The molecule has 2 rings (SSSR count). The van der Waals surface area contributed by atoms with Crippen molar-refractivity contribution in [2.24, 2.45) is 0 Å². The number of nitrogens with one attached hydrogen (secondary N) is 1. The van der Waals surface area contributed by atoms with E-state index in [4.69, 9.17) is 4.74 Å². The molecular formula is C14H21NO. The van der Waals surface area contributed by atoms with Crippen molar-refractivity contribution < 1.29 is 4.74 Å². The molecule has 1 fully saturated rings. The molecule has 0 aliphatic heterocycles. The summed E-state index contributed by atoms with van der Waals surface area (Å²) < 4.78 is 5.50. The van der Waals surface area contributed by atoms with Crippen LogP contribution < -0.4 is 10.1 Å². The minimum absolute atomic E-state index is 0.658. The fraction of sp³-hybridized carbons (Fsp3) is 0.571. The monoisotopic (exact) mass is 219 g/mol. The lowest BCUT2D eigenvalue weighted by Gasteiger charge is -2.24. The maximum atomic E-state index is 5.50. The lowest BCUT2D eigenvalue weighted by Crippen LogP contribution is -2.22. The van der Waals surface area contributed by atoms with Crippen LogP contribution in [-0.2, 0) is 0 Å². The molecule has 1 aliphatic rings. The van der Waals surface area contributed by atoms with Gasteiger partial charge in [-0.2, -0.15) is 0 Å². The van der Waals surface area contributed by atoms with E-state index in [1.165, 1.54) is 37.8 Å². The van der Waals surface area contributed by atoms with Gasteiger partial charge in [0.2, 0.25) is 0 Å². The van der Waals surface area contributed by atoms with E-state index < -0.39 is 0 Å². The molecule has 1 aromatic rings. The number of rotatable bonds is 4. The second-order valence-corrected chi connectivity index (χ2v) is 4.44. The summed E-state index contributed by atoms with van der Waals surface area (Å²) >= 11 is 0. The zero-order valence-electron chi connectivity index (χ0n) is 10.0. The van der Waals surface area contributed by atoms with Crippen molar-refractivity contribution in [3.8, 4) is 5.75 Å². The summed E-state index contributed by atoms with van der Waals surface area (Å²) in [5.74, 6) is 0.961. The van der Waals surface area contributed by atoms with Crippen molar-refractivity contribution in [1.82, 2.24) is 0 Å². The molecule has 0 radical (unpaired) electrons. The van der Waals surface area contributed by atoms with E-state index in [1.54, 1.807) is 0 Å². The zero-order valence-corrected chi connectivity index (χ0v) is 10.0. The molecule has 2 heteroatoms. The Labute approximate surface area is 98.0 Å². The van der Waals surface area contributed by atoms with Gasteiger partial charge in [0.25, 0.3) is 0 Å². The number of ether oxygens (including phenoxy) is 1. The molecule has 0 heterocycles. The van der Waals surface area contributed by atoms with Crippen molar-refractivity contribution in [2.75, 3.05) is 11.9 Å². The number of anilines is 1. The third-order valence-electron chi connectivity index (χ3n) is 3.12. The average molecular weight is 219 g/mol. The molecule has 0 saturated heterocycles. The lowest BCUT2D eigenvalue weighted by atomic mass is 9.95. The van der Waals surface area contributed by atoms with E-state index in [2.05, 4.69) is 23.5 Å². The Morgan fingerprint density at radius 1 is 1.25 bits per heavy atom. The summed E-state index contributed by atoms with van der Waals surface area (Å²) in [4.78, 5) is 0. The first-order chi connectivity index (χ1) is 7.88. The largest absolute Gasteiger partial charge is 0.494 e. The fourth-order valence-corrected chi connectivity index (χ4v) is 2.32. The van der Waals surface area contributed by atoms with Gasteiger partial charge in [-0.15, -0.1) is 0 Å². The first kappa shape index (κ1) is 11.3. The number of hydrogen-bond donors (Lipinski definition) is 1. The van der Waals surface area contributed by atoms with Crippen LogP contribution >= 0.6 is 0 Å². The topological polar surface area (TPSA) is 21.3 Å². The third kappa shape index (κ3) is 3.16. The Hall–Kier alpha value is -1.18. The van der Waals surface area contributed by atoms with E-state index in [-0.39, 0.29) is 0 Å². The molecular weight excluding hydrogens is 198 g/mol. The maximum Gasteiger partial charge on any atom is 0.121 e. The highest BCUT2D eigenvalue weighted by atomic mass is 16.5. The standard InChI is InChI=1S/C14H21NO/c1-2-16-14-10-6-9-13(11-14)15-12-7-4-3-5-8-12/h6,9-12,15H,2-5,7-8H2,1H3. The summed E-state index contributed by atoms with van der Waals surface area (Å²) in [5, 5.41) is 3.60.